The van der Waals surface area contributed by atoms with Gasteiger partial charge >= 0.3 is 0 Å². The van der Waals surface area contributed by atoms with Gasteiger partial charge in [0.1, 0.15) is 0 Å². The van der Waals surface area contributed by atoms with Gasteiger partial charge in [-0.2, -0.15) is 10.1 Å². The first kappa shape index (κ1) is 23.1. The first-order chi connectivity index (χ1) is 16.5. The van der Waals surface area contributed by atoms with Crippen LogP contribution in [0.2, 0.25) is 0 Å². The normalized spacial score (nSPS) is 10.9. The van der Waals surface area contributed by atoms with E-state index in [0.717, 1.165) is 33.5 Å². The van der Waals surface area contributed by atoms with E-state index < -0.39 is 0 Å². The maximum Gasteiger partial charge on any atom is 0.224 e. The van der Waals surface area contributed by atoms with Crippen LogP contribution in [0.25, 0.3) is 16.7 Å². The van der Waals surface area contributed by atoms with Crippen molar-refractivity contribution in [2.45, 2.75) is 26.7 Å². The van der Waals surface area contributed by atoms with Gasteiger partial charge in [-0.15, -0.1) is 0 Å². The molecule has 2 heterocycles. The molecule has 0 aliphatic heterocycles. The minimum atomic E-state index is -0.120. The molecule has 1 N–H and O–H groups in total. The zero-order chi connectivity index (χ0) is 24.2. The quantitative estimate of drug-likeness (QED) is 0.412. The van der Waals surface area contributed by atoms with E-state index >= 15 is 0 Å². The van der Waals surface area contributed by atoms with Crippen LogP contribution in [0.15, 0.2) is 48.5 Å². The van der Waals surface area contributed by atoms with Crippen LogP contribution >= 0.6 is 0 Å². The lowest BCUT2D eigenvalue weighted by Gasteiger charge is -2.13. The first-order valence-corrected chi connectivity index (χ1v) is 11.0. The second kappa shape index (κ2) is 9.82. The van der Waals surface area contributed by atoms with Crippen molar-refractivity contribution in [2.24, 2.45) is 0 Å². The average Bonchev–Trinajstić information content (AvgIpc) is 3.19. The van der Waals surface area contributed by atoms with Crippen molar-refractivity contribution in [1.82, 2.24) is 14.8 Å². The van der Waals surface area contributed by atoms with E-state index in [1.807, 2.05) is 48.9 Å². The summed E-state index contributed by atoms with van der Waals surface area (Å²) in [6.45, 7) is 3.99. The van der Waals surface area contributed by atoms with E-state index in [1.165, 1.54) is 0 Å². The molecule has 0 atom stereocenters. The maximum absolute atomic E-state index is 12.7. The molecule has 0 saturated carbocycles. The Labute approximate surface area is 198 Å². The summed E-state index contributed by atoms with van der Waals surface area (Å²) in [6, 6.07) is 15.1. The number of nitrogens with one attached hydrogen (secondary N) is 1. The molecule has 0 bridgehead atoms. The Morgan fingerprint density at radius 2 is 1.71 bits per heavy atom. The number of hydrogen-bond acceptors (Lipinski definition) is 6. The van der Waals surface area contributed by atoms with Gasteiger partial charge in [-0.1, -0.05) is 18.2 Å². The number of rotatable bonds is 8. The third-order valence-electron chi connectivity index (χ3n) is 5.79. The summed E-state index contributed by atoms with van der Waals surface area (Å²) in [6.07, 6.45) is 0.748. The third kappa shape index (κ3) is 4.39. The Kier molecular flexibility index (Phi) is 6.67. The van der Waals surface area contributed by atoms with Gasteiger partial charge in [0.05, 0.1) is 32.7 Å². The summed E-state index contributed by atoms with van der Waals surface area (Å²) in [5.41, 5.74) is 5.09. The molecule has 0 spiro atoms. The molecule has 1 amide bonds. The van der Waals surface area contributed by atoms with Crippen LogP contribution in [0.5, 0.6) is 17.4 Å². The first-order valence-electron chi connectivity index (χ1n) is 11.0. The third-order valence-corrected chi connectivity index (χ3v) is 5.79. The second-order valence-corrected chi connectivity index (χ2v) is 7.87. The monoisotopic (exact) mass is 460 g/mol. The minimum Gasteiger partial charge on any atom is -0.493 e. The van der Waals surface area contributed by atoms with Gasteiger partial charge in [-0.05, 0) is 50.1 Å². The van der Waals surface area contributed by atoms with Crippen LogP contribution in [-0.4, -0.2) is 42.0 Å². The molecule has 0 aliphatic carbocycles. The number of nitrogens with zero attached hydrogens (tertiary/aromatic N) is 3. The molecule has 8 nitrogen and oxygen atoms in total. The molecular weight excluding hydrogens is 432 g/mol. The van der Waals surface area contributed by atoms with Crippen LogP contribution < -0.4 is 19.5 Å². The Balaban J connectivity index is 1.59. The van der Waals surface area contributed by atoms with Gasteiger partial charge in [-0.3, -0.25) is 4.79 Å². The van der Waals surface area contributed by atoms with Crippen LogP contribution in [0.1, 0.15) is 23.2 Å². The number of aryl methyl sites for hydroxylation is 2. The van der Waals surface area contributed by atoms with E-state index in [2.05, 4.69) is 5.32 Å². The fourth-order valence-corrected chi connectivity index (χ4v) is 4.12. The number of methoxy groups -OCH3 is 3. The summed E-state index contributed by atoms with van der Waals surface area (Å²) in [5, 5.41) is 8.61. The SMILES string of the molecule is COc1ccc(NC(=O)CCc2c(OC)nc3c(c(C)nn3-c3ccccc3)c2C)cc1OC. The second-order valence-electron chi connectivity index (χ2n) is 7.87. The molecule has 2 aromatic heterocycles. The number of amides is 1. The smallest absolute Gasteiger partial charge is 0.224 e. The summed E-state index contributed by atoms with van der Waals surface area (Å²) in [4.78, 5) is 17.5. The molecule has 0 saturated heterocycles. The van der Waals surface area contributed by atoms with E-state index in [1.54, 1.807) is 39.5 Å². The summed E-state index contributed by atoms with van der Waals surface area (Å²) in [5.74, 6) is 1.54. The van der Waals surface area contributed by atoms with Crippen molar-refractivity contribution >= 4 is 22.6 Å². The highest BCUT2D eigenvalue weighted by atomic mass is 16.5. The van der Waals surface area contributed by atoms with Crippen molar-refractivity contribution in [3.8, 4) is 23.1 Å². The fourth-order valence-electron chi connectivity index (χ4n) is 4.12. The van der Waals surface area contributed by atoms with Crippen LogP contribution in [0.4, 0.5) is 5.69 Å². The van der Waals surface area contributed by atoms with Crippen molar-refractivity contribution in [1.29, 1.82) is 0 Å². The highest BCUT2D eigenvalue weighted by molar-refractivity contribution is 5.91. The molecule has 0 unspecified atom stereocenters. The maximum atomic E-state index is 12.7. The molecular formula is C26H28N4O4. The molecule has 4 aromatic rings. The largest absolute Gasteiger partial charge is 0.493 e. The Hall–Kier alpha value is -4.07. The number of hydrogen-bond donors (Lipinski definition) is 1. The van der Waals surface area contributed by atoms with Gasteiger partial charge in [-0.25, -0.2) is 4.68 Å². The standard InChI is InChI=1S/C26H28N4O4/c1-16-20(12-14-23(31)27-18-11-13-21(32-3)22(15-18)33-4)26(34-5)28-25-24(16)17(2)29-30(25)19-9-7-6-8-10-19/h6-11,13,15H,12,14H2,1-5H3,(H,27,31). The van der Waals surface area contributed by atoms with Gasteiger partial charge < -0.3 is 19.5 Å². The lowest BCUT2D eigenvalue weighted by Crippen LogP contribution is -2.13. The highest BCUT2D eigenvalue weighted by Crippen LogP contribution is 2.32. The van der Waals surface area contributed by atoms with Crippen molar-refractivity contribution < 1.29 is 19.0 Å². The summed E-state index contributed by atoms with van der Waals surface area (Å²) in [7, 11) is 4.72. The number of ether oxygens (including phenoxy) is 3. The molecule has 2 aromatic carbocycles. The lowest BCUT2D eigenvalue weighted by molar-refractivity contribution is -0.116. The van der Waals surface area contributed by atoms with Gasteiger partial charge in [0.15, 0.2) is 17.1 Å². The van der Waals surface area contributed by atoms with Crippen LogP contribution in [-0.2, 0) is 11.2 Å². The minimum absolute atomic E-state index is 0.120. The van der Waals surface area contributed by atoms with Crippen molar-refractivity contribution in [3.05, 3.63) is 65.4 Å². The Morgan fingerprint density at radius 1 is 0.971 bits per heavy atom. The molecule has 4 rings (SSSR count). The number of para-hydroxylation sites is 1. The van der Waals surface area contributed by atoms with E-state index in [-0.39, 0.29) is 12.3 Å². The van der Waals surface area contributed by atoms with Gasteiger partial charge in [0.2, 0.25) is 11.8 Å². The van der Waals surface area contributed by atoms with Crippen LogP contribution in [0.3, 0.4) is 0 Å². The number of fused-ring (bicyclic) bond motifs is 1. The van der Waals surface area contributed by atoms with Gasteiger partial charge in [0, 0.05) is 29.1 Å². The Morgan fingerprint density at radius 3 is 2.38 bits per heavy atom. The lowest BCUT2D eigenvalue weighted by atomic mass is 10.0. The Bertz CT molecular complexity index is 1330. The predicted octanol–water partition coefficient (Wildman–Crippen LogP) is 4.63. The van der Waals surface area contributed by atoms with Crippen molar-refractivity contribution in [3.63, 3.8) is 0 Å². The summed E-state index contributed by atoms with van der Waals surface area (Å²) >= 11 is 0. The topological polar surface area (TPSA) is 87.5 Å². The zero-order valence-electron chi connectivity index (χ0n) is 20.0. The van der Waals surface area contributed by atoms with Gasteiger partial charge in [0.25, 0.3) is 0 Å². The van der Waals surface area contributed by atoms with E-state index in [9.17, 15) is 4.79 Å². The van der Waals surface area contributed by atoms with Crippen molar-refractivity contribution in [2.75, 3.05) is 26.6 Å². The molecule has 34 heavy (non-hydrogen) atoms. The number of carbonyl (C=O) groups excluding carboxylic acids is 1. The predicted molar refractivity (Wildman–Crippen MR) is 131 cm³/mol. The number of pyridine rings is 1. The molecule has 8 heteroatoms. The molecule has 0 fully saturated rings. The number of anilines is 1. The van der Waals surface area contributed by atoms with E-state index in [4.69, 9.17) is 24.3 Å². The highest BCUT2D eigenvalue weighted by Gasteiger charge is 2.20. The van der Waals surface area contributed by atoms with Crippen LogP contribution in [0, 0.1) is 13.8 Å². The number of carbonyl (C=O) groups is 1. The average molecular weight is 461 g/mol. The fraction of sp³-hybridized carbons (Fsp3) is 0.269. The summed E-state index contributed by atoms with van der Waals surface area (Å²) < 4.78 is 18.0. The number of aromatic nitrogens is 3. The molecule has 176 valence electrons. The number of benzene rings is 2. The molecule has 0 radical (unpaired) electrons. The zero-order valence-corrected chi connectivity index (χ0v) is 20.0. The van der Waals surface area contributed by atoms with E-state index in [0.29, 0.717) is 29.5 Å². The molecule has 0 aliphatic rings.